The normalized spacial score (nSPS) is 18.7. The lowest BCUT2D eigenvalue weighted by molar-refractivity contribution is 0.764. The van der Waals surface area contributed by atoms with Crippen LogP contribution in [-0.4, -0.2) is 28.0 Å². The summed E-state index contributed by atoms with van der Waals surface area (Å²) >= 11 is 0. The van der Waals surface area contributed by atoms with Crippen LogP contribution in [0, 0.1) is 0 Å². The fourth-order valence-electron chi connectivity index (χ4n) is 2.86. The van der Waals surface area contributed by atoms with E-state index < -0.39 is 0 Å². The average molecular weight is 264 g/mol. The Kier molecular flexibility index (Phi) is 2.74. The van der Waals surface area contributed by atoms with Crippen LogP contribution in [0.15, 0.2) is 42.7 Å². The molecule has 0 amide bonds. The first-order chi connectivity index (χ1) is 9.90. The first kappa shape index (κ1) is 11.6. The fraction of sp³-hybridized carbons (Fsp3) is 0.250. The van der Waals surface area contributed by atoms with E-state index in [0.717, 1.165) is 35.5 Å². The lowest BCUT2D eigenvalue weighted by atomic mass is 9.98. The molecule has 2 aromatic heterocycles. The Morgan fingerprint density at radius 1 is 1.20 bits per heavy atom. The molecule has 0 saturated carbocycles. The first-order valence-corrected chi connectivity index (χ1v) is 7.01. The minimum atomic E-state index is 0.629. The molecule has 3 heterocycles. The van der Waals surface area contributed by atoms with Gasteiger partial charge in [-0.15, -0.1) is 0 Å². The van der Waals surface area contributed by atoms with Crippen LogP contribution < -0.4 is 5.32 Å². The van der Waals surface area contributed by atoms with Crippen LogP contribution in [0.2, 0.25) is 0 Å². The van der Waals surface area contributed by atoms with Crippen LogP contribution in [-0.2, 0) is 0 Å². The van der Waals surface area contributed by atoms with Gasteiger partial charge >= 0.3 is 0 Å². The number of hydrogen-bond donors (Lipinski definition) is 2. The molecule has 4 heteroatoms. The summed E-state index contributed by atoms with van der Waals surface area (Å²) in [6, 6.07) is 10.5. The number of imidazole rings is 1. The molecule has 4 rings (SSSR count). The van der Waals surface area contributed by atoms with Crippen LogP contribution >= 0.6 is 0 Å². The van der Waals surface area contributed by atoms with Gasteiger partial charge in [0, 0.05) is 24.5 Å². The second-order valence-corrected chi connectivity index (χ2v) is 5.29. The minimum absolute atomic E-state index is 0.629. The summed E-state index contributed by atoms with van der Waals surface area (Å²) in [4.78, 5) is 12.2. The molecule has 0 aliphatic carbocycles. The monoisotopic (exact) mass is 264 g/mol. The van der Waals surface area contributed by atoms with Gasteiger partial charge in [0.1, 0.15) is 5.82 Å². The van der Waals surface area contributed by atoms with E-state index >= 15 is 0 Å². The molecule has 1 aliphatic rings. The molecule has 20 heavy (non-hydrogen) atoms. The topological polar surface area (TPSA) is 53.6 Å². The van der Waals surface area contributed by atoms with Crippen molar-refractivity contribution in [3.63, 3.8) is 0 Å². The van der Waals surface area contributed by atoms with E-state index in [4.69, 9.17) is 0 Å². The Bertz CT molecular complexity index is 727. The van der Waals surface area contributed by atoms with E-state index in [0.29, 0.717) is 5.92 Å². The summed E-state index contributed by atoms with van der Waals surface area (Å²) in [6.07, 6.45) is 4.83. The van der Waals surface area contributed by atoms with E-state index in [-0.39, 0.29) is 0 Å². The quantitative estimate of drug-likeness (QED) is 0.748. The Morgan fingerprint density at radius 2 is 2.20 bits per heavy atom. The standard InChI is InChI=1S/C16H16N4/c1-2-13(10-17-6-1)16-19-14-4-3-11(8-15(14)20-16)12-5-7-18-9-12/h1-4,6,8,10,12,18H,5,7,9H2,(H,19,20). The van der Waals surface area contributed by atoms with E-state index in [2.05, 4.69) is 38.5 Å². The maximum atomic E-state index is 4.64. The number of hydrogen-bond acceptors (Lipinski definition) is 3. The summed E-state index contributed by atoms with van der Waals surface area (Å²) in [5, 5.41) is 3.42. The molecule has 1 unspecified atom stereocenters. The highest BCUT2D eigenvalue weighted by Crippen LogP contribution is 2.26. The number of H-pyrrole nitrogens is 1. The molecule has 100 valence electrons. The van der Waals surface area contributed by atoms with Crippen molar-refractivity contribution < 1.29 is 0 Å². The number of benzene rings is 1. The van der Waals surface area contributed by atoms with Gasteiger partial charge in [-0.25, -0.2) is 4.98 Å². The van der Waals surface area contributed by atoms with E-state index in [9.17, 15) is 0 Å². The number of aromatic amines is 1. The van der Waals surface area contributed by atoms with Gasteiger partial charge in [-0.3, -0.25) is 4.98 Å². The third-order valence-corrected chi connectivity index (χ3v) is 3.97. The second kappa shape index (κ2) is 4.72. The Morgan fingerprint density at radius 3 is 3.00 bits per heavy atom. The second-order valence-electron chi connectivity index (χ2n) is 5.29. The summed E-state index contributed by atoms with van der Waals surface area (Å²) < 4.78 is 0. The van der Waals surface area contributed by atoms with Gasteiger partial charge in [0.2, 0.25) is 0 Å². The van der Waals surface area contributed by atoms with Crippen molar-refractivity contribution in [1.29, 1.82) is 0 Å². The molecule has 0 bridgehead atoms. The number of rotatable bonds is 2. The highest BCUT2D eigenvalue weighted by Gasteiger charge is 2.17. The fourth-order valence-corrected chi connectivity index (χ4v) is 2.86. The van der Waals surface area contributed by atoms with Crippen molar-refractivity contribution in [3.8, 4) is 11.4 Å². The van der Waals surface area contributed by atoms with Crippen molar-refractivity contribution in [2.75, 3.05) is 13.1 Å². The van der Waals surface area contributed by atoms with Crippen molar-refractivity contribution in [2.24, 2.45) is 0 Å². The molecule has 1 aromatic carbocycles. The molecular weight excluding hydrogens is 248 g/mol. The third-order valence-electron chi connectivity index (χ3n) is 3.97. The van der Waals surface area contributed by atoms with Crippen LogP contribution in [0.3, 0.4) is 0 Å². The SMILES string of the molecule is c1cncc(-c2nc3ccc(C4CCNC4)cc3[nH]2)c1. The van der Waals surface area contributed by atoms with Crippen molar-refractivity contribution in [2.45, 2.75) is 12.3 Å². The van der Waals surface area contributed by atoms with E-state index in [1.54, 1.807) is 6.20 Å². The Labute approximate surface area is 117 Å². The number of nitrogens with one attached hydrogen (secondary N) is 2. The van der Waals surface area contributed by atoms with Gasteiger partial charge < -0.3 is 10.3 Å². The van der Waals surface area contributed by atoms with E-state index in [1.165, 1.54) is 12.0 Å². The smallest absolute Gasteiger partial charge is 0.140 e. The zero-order chi connectivity index (χ0) is 13.4. The summed E-state index contributed by atoms with van der Waals surface area (Å²) in [7, 11) is 0. The van der Waals surface area contributed by atoms with Crippen LogP contribution in [0.1, 0.15) is 17.9 Å². The number of nitrogens with zero attached hydrogens (tertiary/aromatic N) is 2. The predicted octanol–water partition coefficient (Wildman–Crippen LogP) is 2.70. The van der Waals surface area contributed by atoms with Gasteiger partial charge in [-0.2, -0.15) is 0 Å². The first-order valence-electron chi connectivity index (χ1n) is 7.01. The maximum absolute atomic E-state index is 4.64. The number of aromatic nitrogens is 3. The van der Waals surface area contributed by atoms with Crippen molar-refractivity contribution >= 4 is 11.0 Å². The summed E-state index contributed by atoms with van der Waals surface area (Å²) in [6.45, 7) is 2.20. The lowest BCUT2D eigenvalue weighted by Crippen LogP contribution is -2.07. The summed E-state index contributed by atoms with van der Waals surface area (Å²) in [5.74, 6) is 1.51. The highest BCUT2D eigenvalue weighted by atomic mass is 14.9. The summed E-state index contributed by atoms with van der Waals surface area (Å²) in [5.41, 5.74) is 4.53. The van der Waals surface area contributed by atoms with Gasteiger partial charge in [-0.1, -0.05) is 6.07 Å². The van der Waals surface area contributed by atoms with Crippen LogP contribution in [0.5, 0.6) is 0 Å². The molecule has 0 radical (unpaired) electrons. The van der Waals surface area contributed by atoms with Gasteiger partial charge in [0.25, 0.3) is 0 Å². The molecule has 1 saturated heterocycles. The predicted molar refractivity (Wildman–Crippen MR) is 79.6 cm³/mol. The van der Waals surface area contributed by atoms with Crippen LogP contribution in [0.25, 0.3) is 22.4 Å². The third kappa shape index (κ3) is 1.98. The molecule has 1 atom stereocenters. The van der Waals surface area contributed by atoms with Crippen molar-refractivity contribution in [3.05, 3.63) is 48.3 Å². The number of fused-ring (bicyclic) bond motifs is 1. The largest absolute Gasteiger partial charge is 0.338 e. The van der Waals surface area contributed by atoms with Crippen molar-refractivity contribution in [1.82, 2.24) is 20.3 Å². The van der Waals surface area contributed by atoms with E-state index in [1.807, 2.05) is 18.3 Å². The molecule has 2 N–H and O–H groups in total. The Balaban J connectivity index is 1.76. The zero-order valence-corrected chi connectivity index (χ0v) is 11.1. The number of pyridine rings is 1. The maximum Gasteiger partial charge on any atom is 0.140 e. The molecule has 1 aliphatic heterocycles. The van der Waals surface area contributed by atoms with Gasteiger partial charge in [-0.05, 0) is 48.7 Å². The van der Waals surface area contributed by atoms with Gasteiger partial charge in [0.15, 0.2) is 0 Å². The molecule has 1 fully saturated rings. The minimum Gasteiger partial charge on any atom is -0.338 e. The van der Waals surface area contributed by atoms with Gasteiger partial charge in [0.05, 0.1) is 11.0 Å². The Hall–Kier alpha value is -2.20. The highest BCUT2D eigenvalue weighted by molar-refractivity contribution is 5.80. The average Bonchev–Trinajstić information content (AvgIpc) is 3.16. The van der Waals surface area contributed by atoms with Crippen LogP contribution in [0.4, 0.5) is 0 Å². The molecule has 3 aromatic rings. The lowest BCUT2D eigenvalue weighted by Gasteiger charge is -2.07. The molecular formula is C16H16N4. The molecule has 4 nitrogen and oxygen atoms in total. The molecule has 0 spiro atoms. The zero-order valence-electron chi connectivity index (χ0n) is 11.1.